The molecule has 0 spiro atoms. The molecule has 3 N–H and O–H groups in total. The van der Waals surface area contributed by atoms with E-state index in [9.17, 15) is 4.79 Å². The molecule has 0 aliphatic heterocycles. The van der Waals surface area contributed by atoms with Gasteiger partial charge in [-0.2, -0.15) is 0 Å². The minimum atomic E-state index is -0.0589. The maximum Gasteiger partial charge on any atom is 0.226 e. The van der Waals surface area contributed by atoms with Gasteiger partial charge in [-0.05, 0) is 44.4 Å². The first-order valence-corrected chi connectivity index (χ1v) is 8.07. The number of hydrogen-bond donors (Lipinski definition) is 3. The Hall–Kier alpha value is -1.75. The van der Waals surface area contributed by atoms with Gasteiger partial charge < -0.3 is 16.0 Å². The van der Waals surface area contributed by atoms with Crippen LogP contribution in [0.15, 0.2) is 23.2 Å². The van der Waals surface area contributed by atoms with Crippen LogP contribution in [0.5, 0.6) is 0 Å². The van der Waals surface area contributed by atoms with E-state index in [1.54, 1.807) is 0 Å². The molecule has 0 saturated heterocycles. The molecule has 2 rings (SSSR count). The van der Waals surface area contributed by atoms with Crippen LogP contribution in [0.4, 0.5) is 5.69 Å². The van der Waals surface area contributed by atoms with E-state index in [1.165, 1.54) is 12.8 Å². The molecule has 0 radical (unpaired) electrons. The van der Waals surface area contributed by atoms with Crippen LogP contribution < -0.4 is 16.0 Å². The molecule has 1 aromatic carbocycles. The summed E-state index contributed by atoms with van der Waals surface area (Å²) in [5, 5.41) is 10.0. The van der Waals surface area contributed by atoms with E-state index in [4.69, 9.17) is 11.6 Å². The Morgan fingerprint density at radius 1 is 1.41 bits per heavy atom. The molecular weight excluding hydrogens is 300 g/mol. The highest BCUT2D eigenvalue weighted by atomic mass is 35.5. The average Bonchev–Trinajstić information content (AvgIpc) is 3.28. The second kappa shape index (κ2) is 8.03. The Bertz CT molecular complexity index is 555. The van der Waals surface area contributed by atoms with Crippen molar-refractivity contribution in [3.63, 3.8) is 0 Å². The van der Waals surface area contributed by atoms with Crippen molar-refractivity contribution in [2.75, 3.05) is 18.4 Å². The van der Waals surface area contributed by atoms with Gasteiger partial charge in [0.15, 0.2) is 5.96 Å². The largest absolute Gasteiger partial charge is 0.357 e. The summed E-state index contributed by atoms with van der Waals surface area (Å²) in [7, 11) is 0. The molecule has 1 aliphatic rings. The van der Waals surface area contributed by atoms with Gasteiger partial charge in [0, 0.05) is 29.7 Å². The number of aliphatic imine (C=N–C) groups is 1. The van der Waals surface area contributed by atoms with Gasteiger partial charge in [0.25, 0.3) is 0 Å². The molecule has 1 amide bonds. The van der Waals surface area contributed by atoms with Crippen molar-refractivity contribution in [2.45, 2.75) is 39.2 Å². The predicted octanol–water partition coefficient (Wildman–Crippen LogP) is 2.69. The highest BCUT2D eigenvalue weighted by Crippen LogP contribution is 2.23. The van der Waals surface area contributed by atoms with Crippen LogP contribution >= 0.6 is 11.6 Å². The molecular formula is C16H23ClN4O. The lowest BCUT2D eigenvalue weighted by molar-refractivity contribution is -0.116. The van der Waals surface area contributed by atoms with E-state index >= 15 is 0 Å². The lowest BCUT2D eigenvalue weighted by Gasteiger charge is -2.11. The summed E-state index contributed by atoms with van der Waals surface area (Å²) >= 11 is 6.04. The van der Waals surface area contributed by atoms with E-state index in [0.29, 0.717) is 24.0 Å². The van der Waals surface area contributed by atoms with Crippen molar-refractivity contribution in [2.24, 2.45) is 4.99 Å². The molecule has 6 heteroatoms. The zero-order valence-corrected chi connectivity index (χ0v) is 13.8. The second-order valence-electron chi connectivity index (χ2n) is 5.39. The molecule has 1 aliphatic carbocycles. The Balaban J connectivity index is 1.82. The van der Waals surface area contributed by atoms with Crippen LogP contribution in [0.1, 0.15) is 31.7 Å². The van der Waals surface area contributed by atoms with Crippen molar-refractivity contribution >= 4 is 29.2 Å². The highest BCUT2D eigenvalue weighted by molar-refractivity contribution is 6.31. The number of halogens is 1. The van der Waals surface area contributed by atoms with Gasteiger partial charge in [0.2, 0.25) is 5.91 Å². The number of nitrogens with one attached hydrogen (secondary N) is 3. The topological polar surface area (TPSA) is 65.5 Å². The molecule has 1 saturated carbocycles. The molecule has 1 fully saturated rings. The van der Waals surface area contributed by atoms with Crippen LogP contribution in [0.3, 0.4) is 0 Å². The molecule has 0 unspecified atom stereocenters. The van der Waals surface area contributed by atoms with Crippen LogP contribution in [0.2, 0.25) is 5.02 Å². The average molecular weight is 323 g/mol. The maximum atomic E-state index is 12.0. The monoisotopic (exact) mass is 322 g/mol. The molecule has 120 valence electrons. The maximum absolute atomic E-state index is 12.0. The van der Waals surface area contributed by atoms with Crippen LogP contribution in [-0.4, -0.2) is 31.0 Å². The summed E-state index contributed by atoms with van der Waals surface area (Å²) < 4.78 is 0. The molecule has 0 atom stereocenters. The molecule has 5 nitrogen and oxygen atoms in total. The first-order valence-electron chi connectivity index (χ1n) is 7.70. The van der Waals surface area contributed by atoms with Crippen LogP contribution in [0.25, 0.3) is 0 Å². The van der Waals surface area contributed by atoms with Crippen molar-refractivity contribution in [1.82, 2.24) is 10.6 Å². The van der Waals surface area contributed by atoms with E-state index < -0.39 is 0 Å². The number of benzene rings is 1. The number of rotatable bonds is 6. The molecule has 0 heterocycles. The number of nitrogens with zero attached hydrogens (tertiary/aromatic N) is 1. The third-order valence-corrected chi connectivity index (χ3v) is 3.82. The fraction of sp³-hybridized carbons (Fsp3) is 0.500. The van der Waals surface area contributed by atoms with Gasteiger partial charge in [-0.1, -0.05) is 17.7 Å². The van der Waals surface area contributed by atoms with Crippen molar-refractivity contribution in [1.29, 1.82) is 0 Å². The van der Waals surface area contributed by atoms with E-state index in [0.717, 1.165) is 23.8 Å². The lowest BCUT2D eigenvalue weighted by atomic mass is 10.2. The summed E-state index contributed by atoms with van der Waals surface area (Å²) in [5.41, 5.74) is 1.63. The predicted molar refractivity (Wildman–Crippen MR) is 91.6 cm³/mol. The third-order valence-electron chi connectivity index (χ3n) is 3.41. The number of carbonyl (C=O) groups is 1. The van der Waals surface area contributed by atoms with Gasteiger partial charge in [-0.3, -0.25) is 9.79 Å². The summed E-state index contributed by atoms with van der Waals surface area (Å²) in [5.74, 6) is 0.730. The van der Waals surface area contributed by atoms with Crippen molar-refractivity contribution in [3.05, 3.63) is 28.8 Å². The number of anilines is 1. The molecule has 22 heavy (non-hydrogen) atoms. The standard InChI is InChI=1S/C16H23ClN4O/c1-3-18-16(20-12-7-8-12)19-10-9-15(22)21-14-6-4-5-13(17)11(14)2/h4-6,12H,3,7-10H2,1-2H3,(H,21,22)(H2,18,19,20). The number of carbonyl (C=O) groups excluding carboxylic acids is 1. The van der Waals surface area contributed by atoms with E-state index in [2.05, 4.69) is 20.9 Å². The Labute approximate surface area is 136 Å². The number of hydrogen-bond acceptors (Lipinski definition) is 2. The van der Waals surface area contributed by atoms with Gasteiger partial charge in [-0.25, -0.2) is 0 Å². The van der Waals surface area contributed by atoms with Crippen molar-refractivity contribution in [3.8, 4) is 0 Å². The minimum absolute atomic E-state index is 0.0589. The number of amides is 1. The summed E-state index contributed by atoms with van der Waals surface area (Å²) in [6.07, 6.45) is 2.73. The van der Waals surface area contributed by atoms with Gasteiger partial charge >= 0.3 is 0 Å². The molecule has 0 aromatic heterocycles. The normalized spacial score (nSPS) is 14.6. The molecule has 1 aromatic rings. The SMILES string of the molecule is CCNC(=NCCC(=O)Nc1cccc(Cl)c1C)NC1CC1. The zero-order chi connectivity index (χ0) is 15.9. The smallest absolute Gasteiger partial charge is 0.226 e. The lowest BCUT2D eigenvalue weighted by Crippen LogP contribution is -2.38. The quantitative estimate of drug-likeness (QED) is 0.557. The fourth-order valence-corrected chi connectivity index (χ4v) is 2.14. The van der Waals surface area contributed by atoms with Crippen LogP contribution in [-0.2, 0) is 4.79 Å². The number of guanidine groups is 1. The first-order chi connectivity index (χ1) is 10.6. The van der Waals surface area contributed by atoms with Crippen molar-refractivity contribution < 1.29 is 4.79 Å². The second-order valence-corrected chi connectivity index (χ2v) is 5.80. The molecule has 0 bridgehead atoms. The summed E-state index contributed by atoms with van der Waals surface area (Å²) in [6.45, 7) is 5.18. The first kappa shape index (κ1) is 16.6. The summed E-state index contributed by atoms with van der Waals surface area (Å²) in [4.78, 5) is 16.4. The Morgan fingerprint density at radius 2 is 2.18 bits per heavy atom. The Kier molecular flexibility index (Phi) is 6.07. The zero-order valence-electron chi connectivity index (χ0n) is 13.1. The van der Waals surface area contributed by atoms with Gasteiger partial charge in [0.1, 0.15) is 0 Å². The minimum Gasteiger partial charge on any atom is -0.357 e. The van der Waals surface area contributed by atoms with E-state index in [1.807, 2.05) is 32.0 Å². The van der Waals surface area contributed by atoms with Gasteiger partial charge in [-0.15, -0.1) is 0 Å². The van der Waals surface area contributed by atoms with Gasteiger partial charge in [0.05, 0.1) is 6.54 Å². The highest BCUT2D eigenvalue weighted by Gasteiger charge is 2.22. The third kappa shape index (κ3) is 5.22. The van der Waals surface area contributed by atoms with E-state index in [-0.39, 0.29) is 5.91 Å². The summed E-state index contributed by atoms with van der Waals surface area (Å²) in [6, 6.07) is 6.02. The Morgan fingerprint density at radius 3 is 2.86 bits per heavy atom. The fourth-order valence-electron chi connectivity index (χ4n) is 1.97. The van der Waals surface area contributed by atoms with Crippen LogP contribution in [0, 0.1) is 6.92 Å².